The van der Waals surface area contributed by atoms with Crippen LogP contribution in [0.15, 0.2) is 0 Å². The molecule has 2 rings (SSSR count). The van der Waals surface area contributed by atoms with Crippen molar-refractivity contribution in [2.45, 2.75) is 27.7 Å². The smallest absolute Gasteiger partial charge is 0.339 e. The number of piperazine rings is 1. The second kappa shape index (κ2) is 7.17. The first-order valence-corrected chi connectivity index (χ1v) is 8.14. The van der Waals surface area contributed by atoms with Gasteiger partial charge in [-0.25, -0.2) is 4.79 Å². The molecular formula is C17H27N3O3. The van der Waals surface area contributed by atoms with Crippen molar-refractivity contribution >= 4 is 11.9 Å². The fourth-order valence-electron chi connectivity index (χ4n) is 3.18. The van der Waals surface area contributed by atoms with Gasteiger partial charge in [0.25, 0.3) is 5.91 Å². The molecule has 1 aliphatic heterocycles. The van der Waals surface area contributed by atoms with Crippen molar-refractivity contribution < 1.29 is 14.3 Å². The van der Waals surface area contributed by atoms with Gasteiger partial charge in [-0.05, 0) is 25.3 Å². The normalized spacial score (nSPS) is 16.0. The molecule has 0 radical (unpaired) electrons. The van der Waals surface area contributed by atoms with Gasteiger partial charge in [0.1, 0.15) is 5.69 Å². The first-order chi connectivity index (χ1) is 10.8. The number of aromatic nitrogens is 1. The van der Waals surface area contributed by atoms with Crippen LogP contribution < -0.4 is 0 Å². The number of nitrogens with one attached hydrogen (secondary N) is 1. The topological polar surface area (TPSA) is 65.6 Å². The monoisotopic (exact) mass is 321 g/mol. The molecule has 0 bridgehead atoms. The van der Waals surface area contributed by atoms with Crippen LogP contribution in [0.25, 0.3) is 0 Å². The van der Waals surface area contributed by atoms with E-state index in [9.17, 15) is 9.59 Å². The lowest BCUT2D eigenvalue weighted by Gasteiger charge is -2.35. The van der Waals surface area contributed by atoms with Gasteiger partial charge in [-0.2, -0.15) is 0 Å². The third-order valence-corrected chi connectivity index (χ3v) is 4.32. The summed E-state index contributed by atoms with van der Waals surface area (Å²) < 4.78 is 4.80. The standard InChI is InChI=1S/C17H27N3O3/c1-11(2)10-19-6-8-20(9-7-19)16(21)15-12(3)14(13(4)18-15)17(22)23-5/h11,18H,6-10H2,1-5H3. The highest BCUT2D eigenvalue weighted by Gasteiger charge is 2.27. The summed E-state index contributed by atoms with van der Waals surface area (Å²) in [7, 11) is 1.35. The van der Waals surface area contributed by atoms with E-state index in [4.69, 9.17) is 4.74 Å². The van der Waals surface area contributed by atoms with Crippen molar-refractivity contribution in [3.63, 3.8) is 0 Å². The molecule has 1 saturated heterocycles. The number of esters is 1. The Bertz CT molecular complexity index is 584. The fraction of sp³-hybridized carbons (Fsp3) is 0.647. The molecule has 6 nitrogen and oxygen atoms in total. The number of H-pyrrole nitrogens is 1. The molecule has 0 spiro atoms. The van der Waals surface area contributed by atoms with E-state index < -0.39 is 5.97 Å². The Morgan fingerprint density at radius 3 is 2.30 bits per heavy atom. The summed E-state index contributed by atoms with van der Waals surface area (Å²) in [5.41, 5.74) is 2.31. The lowest BCUT2D eigenvalue weighted by molar-refractivity contribution is 0.0599. The summed E-state index contributed by atoms with van der Waals surface area (Å²) >= 11 is 0. The van der Waals surface area contributed by atoms with E-state index in [1.54, 1.807) is 13.8 Å². The lowest BCUT2D eigenvalue weighted by atomic mass is 10.1. The number of ether oxygens (including phenoxy) is 1. The van der Waals surface area contributed by atoms with Crippen LogP contribution in [0.1, 0.15) is 46.0 Å². The fourth-order valence-corrected chi connectivity index (χ4v) is 3.18. The summed E-state index contributed by atoms with van der Waals surface area (Å²) in [4.78, 5) is 31.9. The molecule has 2 heterocycles. The molecule has 1 aromatic rings. The summed E-state index contributed by atoms with van der Waals surface area (Å²) in [5, 5.41) is 0. The molecule has 6 heteroatoms. The Labute approximate surface area is 137 Å². The zero-order valence-corrected chi connectivity index (χ0v) is 14.7. The molecule has 23 heavy (non-hydrogen) atoms. The van der Waals surface area contributed by atoms with Gasteiger partial charge >= 0.3 is 5.97 Å². The van der Waals surface area contributed by atoms with Crippen LogP contribution in [-0.4, -0.2) is 66.5 Å². The van der Waals surface area contributed by atoms with Gasteiger partial charge in [-0.15, -0.1) is 0 Å². The molecule has 1 amide bonds. The lowest BCUT2D eigenvalue weighted by Crippen LogP contribution is -2.49. The quantitative estimate of drug-likeness (QED) is 0.859. The van der Waals surface area contributed by atoms with E-state index in [2.05, 4.69) is 23.7 Å². The van der Waals surface area contributed by atoms with Crippen LogP contribution in [0, 0.1) is 19.8 Å². The van der Waals surface area contributed by atoms with Crippen LogP contribution in [-0.2, 0) is 4.74 Å². The van der Waals surface area contributed by atoms with E-state index in [-0.39, 0.29) is 5.91 Å². The third-order valence-electron chi connectivity index (χ3n) is 4.32. The van der Waals surface area contributed by atoms with Crippen LogP contribution in [0.5, 0.6) is 0 Å². The number of carbonyl (C=O) groups is 2. The maximum absolute atomic E-state index is 12.7. The number of amides is 1. The molecule has 0 unspecified atom stereocenters. The number of rotatable bonds is 4. The van der Waals surface area contributed by atoms with Crippen LogP contribution in [0.3, 0.4) is 0 Å². The first kappa shape index (κ1) is 17.5. The number of carbonyl (C=O) groups excluding carboxylic acids is 2. The van der Waals surface area contributed by atoms with Crippen LogP contribution in [0.2, 0.25) is 0 Å². The number of hydrogen-bond acceptors (Lipinski definition) is 4. The van der Waals surface area contributed by atoms with Gasteiger partial charge < -0.3 is 14.6 Å². The number of aryl methyl sites for hydroxylation is 1. The molecule has 0 aromatic carbocycles. The van der Waals surface area contributed by atoms with Gasteiger partial charge in [0.15, 0.2) is 0 Å². The van der Waals surface area contributed by atoms with Crippen molar-refractivity contribution in [1.29, 1.82) is 0 Å². The van der Waals surface area contributed by atoms with E-state index in [1.807, 2.05) is 4.90 Å². The minimum Gasteiger partial charge on any atom is -0.465 e. The Balaban J connectivity index is 2.09. The minimum atomic E-state index is -0.406. The van der Waals surface area contributed by atoms with Crippen LogP contribution in [0.4, 0.5) is 0 Å². The van der Waals surface area contributed by atoms with Crippen molar-refractivity contribution in [2.24, 2.45) is 5.92 Å². The minimum absolute atomic E-state index is 0.0371. The highest BCUT2D eigenvalue weighted by molar-refractivity contribution is 6.00. The molecule has 0 saturated carbocycles. The third kappa shape index (κ3) is 3.75. The Morgan fingerprint density at radius 2 is 1.78 bits per heavy atom. The zero-order valence-electron chi connectivity index (χ0n) is 14.7. The molecule has 1 fully saturated rings. The summed E-state index contributed by atoms with van der Waals surface area (Å²) in [6, 6.07) is 0. The van der Waals surface area contributed by atoms with Gasteiger partial charge in [-0.1, -0.05) is 13.8 Å². The van der Waals surface area contributed by atoms with Gasteiger partial charge in [0.05, 0.1) is 12.7 Å². The molecule has 1 N–H and O–H groups in total. The van der Waals surface area contributed by atoms with E-state index in [0.29, 0.717) is 28.4 Å². The Hall–Kier alpha value is -1.82. The van der Waals surface area contributed by atoms with E-state index in [1.165, 1.54) is 7.11 Å². The molecule has 128 valence electrons. The molecular weight excluding hydrogens is 294 g/mol. The Kier molecular flexibility index (Phi) is 5.46. The van der Waals surface area contributed by atoms with Crippen LogP contribution >= 0.6 is 0 Å². The average molecular weight is 321 g/mol. The number of aromatic amines is 1. The number of methoxy groups -OCH3 is 1. The second-order valence-corrected chi connectivity index (χ2v) is 6.60. The first-order valence-electron chi connectivity index (χ1n) is 8.14. The summed E-state index contributed by atoms with van der Waals surface area (Å²) in [5.74, 6) is 0.190. The Morgan fingerprint density at radius 1 is 1.17 bits per heavy atom. The average Bonchev–Trinajstić information content (AvgIpc) is 2.81. The zero-order chi connectivity index (χ0) is 17.1. The van der Waals surface area contributed by atoms with Crippen molar-refractivity contribution in [2.75, 3.05) is 39.8 Å². The number of nitrogens with zero attached hydrogens (tertiary/aromatic N) is 2. The molecule has 0 aliphatic carbocycles. The molecule has 0 atom stereocenters. The maximum atomic E-state index is 12.7. The molecule has 1 aromatic heterocycles. The predicted octanol–water partition coefficient (Wildman–Crippen LogP) is 1.83. The maximum Gasteiger partial charge on any atom is 0.339 e. The predicted molar refractivity (Wildman–Crippen MR) is 88.8 cm³/mol. The van der Waals surface area contributed by atoms with Crippen molar-refractivity contribution in [3.8, 4) is 0 Å². The highest BCUT2D eigenvalue weighted by Crippen LogP contribution is 2.21. The largest absolute Gasteiger partial charge is 0.465 e. The van der Waals surface area contributed by atoms with Gasteiger partial charge in [-0.3, -0.25) is 9.69 Å². The van der Waals surface area contributed by atoms with Crippen molar-refractivity contribution in [1.82, 2.24) is 14.8 Å². The summed E-state index contributed by atoms with van der Waals surface area (Å²) in [6.45, 7) is 12.3. The highest BCUT2D eigenvalue weighted by atomic mass is 16.5. The SMILES string of the molecule is COC(=O)c1c(C)[nH]c(C(=O)N2CCN(CC(C)C)CC2)c1C. The number of hydrogen-bond donors (Lipinski definition) is 1. The van der Waals surface area contributed by atoms with E-state index >= 15 is 0 Å². The molecule has 1 aliphatic rings. The van der Waals surface area contributed by atoms with E-state index in [0.717, 1.165) is 32.7 Å². The summed E-state index contributed by atoms with van der Waals surface area (Å²) in [6.07, 6.45) is 0. The second-order valence-electron chi connectivity index (χ2n) is 6.60. The van der Waals surface area contributed by atoms with Gasteiger partial charge in [0, 0.05) is 38.4 Å². The van der Waals surface area contributed by atoms with Gasteiger partial charge in [0.2, 0.25) is 0 Å². The van der Waals surface area contributed by atoms with Crippen molar-refractivity contribution in [3.05, 3.63) is 22.5 Å².